The van der Waals surface area contributed by atoms with Crippen LogP contribution >= 0.6 is 27.5 Å². The topological polar surface area (TPSA) is 41.3 Å². The molecule has 3 nitrogen and oxygen atoms in total. The van der Waals surface area contributed by atoms with E-state index in [1.165, 1.54) is 0 Å². The Balaban J connectivity index is 2.95. The van der Waals surface area contributed by atoms with E-state index in [0.717, 1.165) is 15.1 Å². The Labute approximate surface area is 104 Å². The van der Waals surface area contributed by atoms with Crippen molar-refractivity contribution >= 4 is 27.5 Å². The fraction of sp³-hybridized carbons (Fsp3) is 0.400. The van der Waals surface area contributed by atoms with Crippen molar-refractivity contribution in [2.75, 3.05) is 20.6 Å². The molecular weight excluding hydrogens is 277 g/mol. The van der Waals surface area contributed by atoms with E-state index < -0.39 is 0 Å². The van der Waals surface area contributed by atoms with Crippen LogP contribution in [0.4, 0.5) is 0 Å². The SMILES string of the molecule is CN(C)NC(CN)c1cc(Br)ccc1Cl. The van der Waals surface area contributed by atoms with Crippen LogP contribution in [0.15, 0.2) is 22.7 Å². The zero-order chi connectivity index (χ0) is 11.4. The summed E-state index contributed by atoms with van der Waals surface area (Å²) in [5, 5.41) is 2.59. The smallest absolute Gasteiger partial charge is 0.0601 e. The van der Waals surface area contributed by atoms with Gasteiger partial charge in [0.05, 0.1) is 6.04 Å². The molecular formula is C10H15BrClN3. The zero-order valence-corrected chi connectivity index (χ0v) is 11.1. The highest BCUT2D eigenvalue weighted by molar-refractivity contribution is 9.10. The quantitative estimate of drug-likeness (QED) is 0.836. The summed E-state index contributed by atoms with van der Waals surface area (Å²) in [4.78, 5) is 0. The van der Waals surface area contributed by atoms with Gasteiger partial charge >= 0.3 is 0 Å². The summed E-state index contributed by atoms with van der Waals surface area (Å²) >= 11 is 9.54. The van der Waals surface area contributed by atoms with Crippen molar-refractivity contribution in [3.05, 3.63) is 33.3 Å². The molecule has 0 aliphatic heterocycles. The third-order valence-electron chi connectivity index (χ3n) is 1.98. The Hall–Kier alpha value is -0.130. The number of rotatable bonds is 4. The van der Waals surface area contributed by atoms with Crippen LogP contribution in [0.3, 0.4) is 0 Å². The first-order valence-electron chi connectivity index (χ1n) is 4.63. The van der Waals surface area contributed by atoms with Gasteiger partial charge in [0.25, 0.3) is 0 Å². The third-order valence-corrected chi connectivity index (χ3v) is 2.82. The number of nitrogens with two attached hydrogens (primary N) is 1. The van der Waals surface area contributed by atoms with E-state index >= 15 is 0 Å². The molecule has 15 heavy (non-hydrogen) atoms. The number of nitrogens with zero attached hydrogens (tertiary/aromatic N) is 1. The fourth-order valence-corrected chi connectivity index (χ4v) is 1.97. The van der Waals surface area contributed by atoms with Gasteiger partial charge in [-0.15, -0.1) is 0 Å². The van der Waals surface area contributed by atoms with E-state index in [1.54, 1.807) is 0 Å². The van der Waals surface area contributed by atoms with Crippen LogP contribution in [0.5, 0.6) is 0 Å². The summed E-state index contributed by atoms with van der Waals surface area (Å²) in [6, 6.07) is 5.79. The van der Waals surface area contributed by atoms with E-state index in [0.29, 0.717) is 6.54 Å². The largest absolute Gasteiger partial charge is 0.329 e. The minimum atomic E-state index is 0.0324. The number of hydrogen-bond donors (Lipinski definition) is 2. The normalized spacial score (nSPS) is 13.2. The van der Waals surface area contributed by atoms with Gasteiger partial charge in [0, 0.05) is 30.1 Å². The molecule has 0 fully saturated rings. The Morgan fingerprint density at radius 1 is 1.53 bits per heavy atom. The van der Waals surface area contributed by atoms with Crippen LogP contribution in [-0.2, 0) is 0 Å². The van der Waals surface area contributed by atoms with Gasteiger partial charge in [-0.05, 0) is 23.8 Å². The Kier molecular flexibility index (Phi) is 5.02. The van der Waals surface area contributed by atoms with Crippen LogP contribution in [0, 0.1) is 0 Å². The molecule has 1 unspecified atom stereocenters. The highest BCUT2D eigenvalue weighted by atomic mass is 79.9. The first kappa shape index (κ1) is 12.9. The van der Waals surface area contributed by atoms with Gasteiger partial charge in [0.2, 0.25) is 0 Å². The predicted octanol–water partition coefficient (Wildman–Crippen LogP) is 2.17. The van der Waals surface area contributed by atoms with E-state index in [2.05, 4.69) is 21.4 Å². The second kappa shape index (κ2) is 5.82. The summed E-state index contributed by atoms with van der Waals surface area (Å²) in [5.74, 6) is 0. The first-order chi connectivity index (χ1) is 7.04. The third kappa shape index (κ3) is 3.74. The monoisotopic (exact) mass is 291 g/mol. The molecule has 0 heterocycles. The lowest BCUT2D eigenvalue weighted by atomic mass is 10.1. The second-order valence-corrected chi connectivity index (χ2v) is 4.80. The predicted molar refractivity (Wildman–Crippen MR) is 67.8 cm³/mol. The van der Waals surface area contributed by atoms with Crippen molar-refractivity contribution in [1.29, 1.82) is 0 Å². The minimum absolute atomic E-state index is 0.0324. The van der Waals surface area contributed by atoms with Crippen molar-refractivity contribution in [3.8, 4) is 0 Å². The summed E-state index contributed by atoms with van der Waals surface area (Å²) in [6.07, 6.45) is 0. The highest BCUT2D eigenvalue weighted by Crippen LogP contribution is 2.26. The Bertz CT molecular complexity index is 330. The van der Waals surface area contributed by atoms with Crippen LogP contribution in [0.1, 0.15) is 11.6 Å². The van der Waals surface area contributed by atoms with E-state index in [9.17, 15) is 0 Å². The van der Waals surface area contributed by atoms with Gasteiger partial charge in [-0.1, -0.05) is 27.5 Å². The standard InChI is InChI=1S/C10H15BrClN3/c1-15(2)14-10(6-13)8-5-7(11)3-4-9(8)12/h3-5,10,14H,6,13H2,1-2H3. The van der Waals surface area contributed by atoms with Crippen LogP contribution in [0.25, 0.3) is 0 Å². The zero-order valence-electron chi connectivity index (χ0n) is 8.80. The average Bonchev–Trinajstić information content (AvgIpc) is 2.18. The number of nitrogens with one attached hydrogen (secondary N) is 1. The molecule has 1 aromatic carbocycles. The van der Waals surface area contributed by atoms with Crippen LogP contribution in [-0.4, -0.2) is 25.6 Å². The lowest BCUT2D eigenvalue weighted by molar-refractivity contribution is 0.245. The molecule has 3 N–H and O–H groups in total. The van der Waals surface area contributed by atoms with E-state index in [-0.39, 0.29) is 6.04 Å². The van der Waals surface area contributed by atoms with Crippen molar-refractivity contribution in [2.45, 2.75) is 6.04 Å². The lowest BCUT2D eigenvalue weighted by Crippen LogP contribution is -2.38. The minimum Gasteiger partial charge on any atom is -0.329 e. The maximum Gasteiger partial charge on any atom is 0.0601 e. The molecule has 1 aromatic rings. The molecule has 0 radical (unpaired) electrons. The van der Waals surface area contributed by atoms with Gasteiger partial charge in [-0.2, -0.15) is 0 Å². The average molecular weight is 293 g/mol. The molecule has 1 atom stereocenters. The van der Waals surface area contributed by atoms with Crippen molar-refractivity contribution < 1.29 is 0 Å². The molecule has 84 valence electrons. The molecule has 5 heteroatoms. The molecule has 0 saturated heterocycles. The van der Waals surface area contributed by atoms with Crippen molar-refractivity contribution in [3.63, 3.8) is 0 Å². The van der Waals surface area contributed by atoms with Crippen molar-refractivity contribution in [2.24, 2.45) is 5.73 Å². The first-order valence-corrected chi connectivity index (χ1v) is 5.80. The summed E-state index contributed by atoms with van der Waals surface area (Å²) in [6.45, 7) is 0.494. The second-order valence-electron chi connectivity index (χ2n) is 3.48. The van der Waals surface area contributed by atoms with Crippen LogP contribution in [0.2, 0.25) is 5.02 Å². The molecule has 0 amide bonds. The van der Waals surface area contributed by atoms with Gasteiger partial charge in [0.1, 0.15) is 0 Å². The maximum atomic E-state index is 6.12. The van der Waals surface area contributed by atoms with E-state index in [1.807, 2.05) is 37.3 Å². The summed E-state index contributed by atoms with van der Waals surface area (Å²) in [7, 11) is 3.85. The molecule has 0 aliphatic carbocycles. The van der Waals surface area contributed by atoms with Gasteiger partial charge in [-0.25, -0.2) is 10.4 Å². The molecule has 0 bridgehead atoms. The highest BCUT2D eigenvalue weighted by Gasteiger charge is 2.13. The van der Waals surface area contributed by atoms with Gasteiger partial charge in [-0.3, -0.25) is 0 Å². The van der Waals surface area contributed by atoms with Gasteiger partial charge < -0.3 is 5.73 Å². The van der Waals surface area contributed by atoms with Crippen molar-refractivity contribution in [1.82, 2.24) is 10.4 Å². The van der Waals surface area contributed by atoms with E-state index in [4.69, 9.17) is 17.3 Å². The number of hydrogen-bond acceptors (Lipinski definition) is 3. The van der Waals surface area contributed by atoms with Gasteiger partial charge in [0.15, 0.2) is 0 Å². The fourth-order valence-electron chi connectivity index (χ4n) is 1.34. The number of halogens is 2. The molecule has 0 aliphatic rings. The molecule has 0 saturated carbocycles. The number of hydrazine groups is 1. The summed E-state index contributed by atoms with van der Waals surface area (Å²) in [5.41, 5.74) is 9.93. The Morgan fingerprint density at radius 3 is 2.73 bits per heavy atom. The maximum absolute atomic E-state index is 6.12. The Morgan fingerprint density at radius 2 is 2.20 bits per heavy atom. The molecule has 0 aromatic heterocycles. The lowest BCUT2D eigenvalue weighted by Gasteiger charge is -2.23. The summed E-state index contributed by atoms with van der Waals surface area (Å²) < 4.78 is 1.00. The number of benzene rings is 1. The molecule has 1 rings (SSSR count). The van der Waals surface area contributed by atoms with Crippen LogP contribution < -0.4 is 11.2 Å². The molecule has 0 spiro atoms.